The lowest BCUT2D eigenvalue weighted by Gasteiger charge is -2.39. The van der Waals surface area contributed by atoms with Gasteiger partial charge < -0.3 is 54.0 Å². The number of phenols is 3. The van der Waals surface area contributed by atoms with Gasteiger partial charge in [-0.1, -0.05) is 0 Å². The van der Waals surface area contributed by atoms with E-state index in [0.717, 1.165) is 25.1 Å². The topological polar surface area (TPSA) is 206 Å². The molecule has 37 heavy (non-hydrogen) atoms. The first-order valence-electron chi connectivity index (χ1n) is 10.9. The molecule has 0 saturated carbocycles. The van der Waals surface area contributed by atoms with Crippen LogP contribution in [0, 0.1) is 0 Å². The summed E-state index contributed by atoms with van der Waals surface area (Å²) < 4.78 is 26.6. The molecule has 1 aromatic heterocycles. The monoisotopic (exact) mass is 520 g/mol. The van der Waals surface area contributed by atoms with Crippen molar-refractivity contribution in [3.8, 4) is 40.1 Å². The minimum Gasteiger partial charge on any atom is -0.507 e. The van der Waals surface area contributed by atoms with Crippen LogP contribution in [0.3, 0.4) is 0 Å². The summed E-state index contributed by atoms with van der Waals surface area (Å²) in [5.41, 5.74) is -0.611. The summed E-state index contributed by atoms with van der Waals surface area (Å²) in [6.07, 6.45) is -7.83. The number of phenolic OH excluding ortho intramolecular Hbond substituents is 3. The van der Waals surface area contributed by atoms with Crippen LogP contribution < -0.4 is 14.9 Å². The van der Waals surface area contributed by atoms with Crippen LogP contribution in [0.4, 0.5) is 0 Å². The third-order valence-electron chi connectivity index (χ3n) is 5.71. The van der Waals surface area contributed by atoms with E-state index in [4.69, 9.17) is 23.4 Å². The Balaban J connectivity index is 1.69. The van der Waals surface area contributed by atoms with E-state index in [2.05, 4.69) is 0 Å². The van der Waals surface area contributed by atoms with Gasteiger partial charge in [0, 0.05) is 30.7 Å². The Morgan fingerprint density at radius 2 is 1.70 bits per heavy atom. The van der Waals surface area contributed by atoms with Crippen molar-refractivity contribution in [2.45, 2.75) is 37.6 Å². The van der Waals surface area contributed by atoms with Crippen molar-refractivity contribution in [3.05, 3.63) is 40.6 Å². The fourth-order valence-electron chi connectivity index (χ4n) is 3.83. The van der Waals surface area contributed by atoms with Gasteiger partial charge in [0.15, 0.2) is 16.9 Å². The van der Waals surface area contributed by atoms with Crippen molar-refractivity contribution in [3.63, 3.8) is 0 Å². The predicted molar refractivity (Wildman–Crippen MR) is 123 cm³/mol. The second-order valence-electron chi connectivity index (χ2n) is 8.27. The molecule has 1 fully saturated rings. The average molecular weight is 520 g/mol. The number of rotatable bonds is 6. The number of hydrogen-bond donors (Lipinski definition) is 6. The lowest BCUT2D eigenvalue weighted by Crippen LogP contribution is -2.60. The van der Waals surface area contributed by atoms with Crippen molar-refractivity contribution in [1.29, 1.82) is 0 Å². The van der Waals surface area contributed by atoms with Crippen LogP contribution in [0.25, 0.3) is 22.3 Å². The van der Waals surface area contributed by atoms with Crippen molar-refractivity contribution in [2.24, 2.45) is 0 Å². The van der Waals surface area contributed by atoms with Crippen molar-refractivity contribution < 1.29 is 58.8 Å². The average Bonchev–Trinajstić information content (AvgIpc) is 2.84. The van der Waals surface area contributed by atoms with Gasteiger partial charge in [0.05, 0.1) is 7.11 Å². The molecule has 13 nitrogen and oxygen atoms in total. The van der Waals surface area contributed by atoms with E-state index >= 15 is 0 Å². The summed E-state index contributed by atoms with van der Waals surface area (Å²) in [6, 6.07) is 5.81. The maximum atomic E-state index is 12.7. The number of carbonyl (C=O) groups is 1. The van der Waals surface area contributed by atoms with Crippen LogP contribution in [0.15, 0.2) is 39.5 Å². The van der Waals surface area contributed by atoms with E-state index < -0.39 is 66.0 Å². The molecule has 3 aromatic rings. The minimum absolute atomic E-state index is 0.0448. The summed E-state index contributed by atoms with van der Waals surface area (Å²) in [6.45, 7) is 0.717. The summed E-state index contributed by atoms with van der Waals surface area (Å²) in [5, 5.41) is 60.7. The van der Waals surface area contributed by atoms with E-state index in [1.165, 1.54) is 19.2 Å². The summed E-state index contributed by atoms with van der Waals surface area (Å²) in [7, 11) is 1.27. The van der Waals surface area contributed by atoms with Crippen LogP contribution in [0.5, 0.6) is 28.7 Å². The first kappa shape index (κ1) is 26.0. The minimum atomic E-state index is -1.73. The number of benzene rings is 2. The number of esters is 1. The molecule has 13 heteroatoms. The molecule has 2 heterocycles. The number of aliphatic hydroxyl groups is 3. The van der Waals surface area contributed by atoms with Gasteiger partial charge in [-0.2, -0.15) is 0 Å². The molecule has 198 valence electrons. The van der Waals surface area contributed by atoms with Gasteiger partial charge in [0.2, 0.25) is 12.0 Å². The largest absolute Gasteiger partial charge is 0.507 e. The van der Waals surface area contributed by atoms with E-state index in [9.17, 15) is 40.2 Å². The smallest absolute Gasteiger partial charge is 0.302 e. The molecule has 0 spiro atoms. The molecular weight excluding hydrogens is 496 g/mol. The number of methoxy groups -OCH3 is 1. The van der Waals surface area contributed by atoms with Gasteiger partial charge in [-0.15, -0.1) is 0 Å². The predicted octanol–water partition coefficient (Wildman–Crippen LogP) is 0.335. The van der Waals surface area contributed by atoms with Crippen LogP contribution >= 0.6 is 0 Å². The molecular formula is C24H24O13. The highest BCUT2D eigenvalue weighted by molar-refractivity contribution is 5.86. The molecule has 0 bridgehead atoms. The Kier molecular flexibility index (Phi) is 7.14. The quantitative estimate of drug-likeness (QED) is 0.192. The third-order valence-corrected chi connectivity index (χ3v) is 5.71. The standard InChI is InChI=1S/C24H24O13/c1-9(25)34-8-18-21(30)22(31)23(32)24(37-18)35-11-5-12(26)19-13(27)7-15(36-16(19)6-11)10-3-14(28)20(29)17(4-10)33-2/h3-7,18,21-24,26,28-32H,8H2,1-2H3. The van der Waals surface area contributed by atoms with Crippen LogP contribution in [-0.4, -0.2) is 81.0 Å². The maximum Gasteiger partial charge on any atom is 0.302 e. The molecule has 1 aliphatic heterocycles. The second-order valence-corrected chi connectivity index (χ2v) is 8.27. The van der Waals surface area contributed by atoms with Crippen molar-refractivity contribution >= 4 is 16.9 Å². The Hall–Kier alpha value is -4.04. The Bertz CT molecular complexity index is 1380. The lowest BCUT2D eigenvalue weighted by atomic mass is 9.99. The Morgan fingerprint density at radius 3 is 2.38 bits per heavy atom. The molecule has 0 radical (unpaired) electrons. The van der Waals surface area contributed by atoms with Gasteiger partial charge in [-0.3, -0.25) is 9.59 Å². The van der Waals surface area contributed by atoms with Gasteiger partial charge in [0.1, 0.15) is 59.3 Å². The number of aliphatic hydroxyl groups excluding tert-OH is 3. The SMILES string of the molecule is COc1cc(-c2cc(=O)c3c(O)cc(OC4OC(COC(C)=O)C(O)C(O)C4O)cc3o2)cc(O)c1O. The fraction of sp³-hybridized carbons (Fsp3) is 0.333. The highest BCUT2D eigenvalue weighted by Gasteiger charge is 2.45. The van der Waals surface area contributed by atoms with Gasteiger partial charge in [0.25, 0.3) is 0 Å². The number of hydrogen-bond acceptors (Lipinski definition) is 13. The van der Waals surface area contributed by atoms with Crippen LogP contribution in [-0.2, 0) is 14.3 Å². The van der Waals surface area contributed by atoms with E-state index in [0.29, 0.717) is 0 Å². The summed E-state index contributed by atoms with van der Waals surface area (Å²) in [5.74, 6) is -2.48. The number of fused-ring (bicyclic) bond motifs is 1. The molecule has 1 saturated heterocycles. The number of aromatic hydroxyl groups is 3. The number of carbonyl (C=O) groups excluding carboxylic acids is 1. The second kappa shape index (κ2) is 10.1. The van der Waals surface area contributed by atoms with Gasteiger partial charge in [-0.25, -0.2) is 0 Å². The molecule has 6 N–H and O–H groups in total. The number of ether oxygens (including phenoxy) is 4. The van der Waals surface area contributed by atoms with E-state index in [-0.39, 0.29) is 33.8 Å². The third kappa shape index (κ3) is 5.11. The Morgan fingerprint density at radius 1 is 0.973 bits per heavy atom. The van der Waals surface area contributed by atoms with Gasteiger partial charge >= 0.3 is 5.97 Å². The molecule has 5 unspecified atom stereocenters. The van der Waals surface area contributed by atoms with Gasteiger partial charge in [-0.05, 0) is 12.1 Å². The molecule has 0 amide bonds. The molecule has 4 rings (SSSR count). The first-order chi connectivity index (χ1) is 17.5. The Labute approximate surface area is 208 Å². The molecule has 2 aromatic carbocycles. The molecule has 0 aliphatic carbocycles. The fourth-order valence-corrected chi connectivity index (χ4v) is 3.83. The van der Waals surface area contributed by atoms with Crippen molar-refractivity contribution in [2.75, 3.05) is 13.7 Å². The highest BCUT2D eigenvalue weighted by atomic mass is 16.7. The van der Waals surface area contributed by atoms with E-state index in [1.807, 2.05) is 0 Å². The zero-order valence-corrected chi connectivity index (χ0v) is 19.5. The zero-order valence-electron chi connectivity index (χ0n) is 19.5. The summed E-state index contributed by atoms with van der Waals surface area (Å²) >= 11 is 0. The van der Waals surface area contributed by atoms with Crippen molar-refractivity contribution in [1.82, 2.24) is 0 Å². The highest BCUT2D eigenvalue weighted by Crippen LogP contribution is 2.40. The maximum absolute atomic E-state index is 12.7. The zero-order chi connectivity index (χ0) is 27.0. The summed E-state index contributed by atoms with van der Waals surface area (Å²) in [4.78, 5) is 23.8. The van der Waals surface area contributed by atoms with Crippen LogP contribution in [0.2, 0.25) is 0 Å². The molecule has 5 atom stereocenters. The molecule has 1 aliphatic rings. The lowest BCUT2D eigenvalue weighted by molar-refractivity contribution is -0.278. The normalized spacial score (nSPS) is 23.5. The van der Waals surface area contributed by atoms with Crippen LogP contribution in [0.1, 0.15) is 6.92 Å². The van der Waals surface area contributed by atoms with E-state index in [1.54, 1.807) is 0 Å². The first-order valence-corrected chi connectivity index (χ1v) is 10.9.